The van der Waals surface area contributed by atoms with Gasteiger partial charge in [0.1, 0.15) is 11.6 Å². The summed E-state index contributed by atoms with van der Waals surface area (Å²) in [6.45, 7) is 7.10. The van der Waals surface area contributed by atoms with Crippen LogP contribution in [0.1, 0.15) is 46.1 Å². The number of ether oxygens (including phenoxy) is 2. The summed E-state index contributed by atoms with van der Waals surface area (Å²) in [7, 11) is 0. The molecule has 0 fully saturated rings. The highest BCUT2D eigenvalue weighted by molar-refractivity contribution is 5.81. The molecule has 0 bridgehead atoms. The first-order valence-electron chi connectivity index (χ1n) is 8.59. The normalized spacial score (nSPS) is 13.6. The van der Waals surface area contributed by atoms with E-state index in [-0.39, 0.29) is 13.0 Å². The van der Waals surface area contributed by atoms with Gasteiger partial charge in [0, 0.05) is 6.42 Å². The van der Waals surface area contributed by atoms with E-state index in [1.165, 1.54) is 0 Å². The molecule has 1 rings (SSSR count). The van der Waals surface area contributed by atoms with Crippen LogP contribution in [0.3, 0.4) is 0 Å². The number of aliphatic hydroxyl groups is 1. The van der Waals surface area contributed by atoms with E-state index in [4.69, 9.17) is 9.47 Å². The fourth-order valence-electron chi connectivity index (χ4n) is 2.27. The van der Waals surface area contributed by atoms with Crippen molar-refractivity contribution in [2.24, 2.45) is 0 Å². The second-order valence-corrected chi connectivity index (χ2v) is 6.86. The van der Waals surface area contributed by atoms with Crippen LogP contribution in [0.15, 0.2) is 30.3 Å². The number of hydrogen-bond acceptors (Lipinski definition) is 5. The van der Waals surface area contributed by atoms with Crippen LogP contribution < -0.4 is 5.32 Å². The molecule has 2 N–H and O–H groups in total. The average molecular weight is 351 g/mol. The van der Waals surface area contributed by atoms with Crippen LogP contribution in [0.2, 0.25) is 0 Å². The van der Waals surface area contributed by atoms with Crippen LogP contribution in [-0.2, 0) is 20.7 Å². The molecule has 0 aliphatic carbocycles. The summed E-state index contributed by atoms with van der Waals surface area (Å²) in [4.78, 5) is 24.0. The van der Waals surface area contributed by atoms with Crippen LogP contribution in [0, 0.1) is 0 Å². The standard InChI is InChI=1S/C19H29NO5/c1-5-24-17(22)16(20-18(23)25-19(2,3)4)13-15(21)12-11-14-9-7-6-8-10-14/h6-10,15-16,21H,5,11-13H2,1-4H3,(H,20,23)/t15-,16-/m0/s1. The Kier molecular flexibility index (Phi) is 8.41. The van der Waals surface area contributed by atoms with E-state index in [0.717, 1.165) is 5.56 Å². The van der Waals surface area contributed by atoms with Gasteiger partial charge in [0.15, 0.2) is 0 Å². The fraction of sp³-hybridized carbons (Fsp3) is 0.579. The first kappa shape index (κ1) is 21.0. The lowest BCUT2D eigenvalue weighted by Crippen LogP contribution is -2.46. The summed E-state index contributed by atoms with van der Waals surface area (Å²) in [5.74, 6) is -0.577. The highest BCUT2D eigenvalue weighted by Gasteiger charge is 2.27. The molecule has 0 aromatic heterocycles. The molecule has 1 aromatic rings. The van der Waals surface area contributed by atoms with Gasteiger partial charge in [0.05, 0.1) is 12.7 Å². The molecule has 0 saturated heterocycles. The minimum Gasteiger partial charge on any atom is -0.464 e. The Labute approximate surface area is 149 Å². The van der Waals surface area contributed by atoms with Crippen molar-refractivity contribution in [1.82, 2.24) is 5.32 Å². The Balaban J connectivity index is 2.59. The highest BCUT2D eigenvalue weighted by Crippen LogP contribution is 2.12. The van der Waals surface area contributed by atoms with Crippen LogP contribution in [0.4, 0.5) is 4.79 Å². The molecule has 0 heterocycles. The number of hydrogen-bond donors (Lipinski definition) is 2. The Morgan fingerprint density at radius 3 is 2.40 bits per heavy atom. The summed E-state index contributed by atoms with van der Waals surface area (Å²) in [6.07, 6.45) is -0.212. The van der Waals surface area contributed by atoms with Crippen molar-refractivity contribution in [3.05, 3.63) is 35.9 Å². The third kappa shape index (κ3) is 9.10. The lowest BCUT2D eigenvalue weighted by Gasteiger charge is -2.24. The van der Waals surface area contributed by atoms with Crippen molar-refractivity contribution in [3.63, 3.8) is 0 Å². The molecule has 140 valence electrons. The molecule has 0 aliphatic heterocycles. The number of alkyl carbamates (subject to hydrolysis) is 1. The predicted molar refractivity (Wildman–Crippen MR) is 95.2 cm³/mol. The Bertz CT molecular complexity index is 538. The van der Waals surface area contributed by atoms with Crippen molar-refractivity contribution < 1.29 is 24.2 Å². The number of aryl methyl sites for hydroxylation is 1. The van der Waals surface area contributed by atoms with Gasteiger partial charge in [-0.3, -0.25) is 0 Å². The van der Waals surface area contributed by atoms with E-state index >= 15 is 0 Å². The lowest BCUT2D eigenvalue weighted by molar-refractivity contribution is -0.146. The third-order valence-electron chi connectivity index (χ3n) is 3.38. The Morgan fingerprint density at radius 2 is 1.84 bits per heavy atom. The van der Waals surface area contributed by atoms with Gasteiger partial charge in [-0.05, 0) is 46.1 Å². The molecule has 6 heteroatoms. The van der Waals surface area contributed by atoms with Crippen LogP contribution in [-0.4, -0.2) is 41.5 Å². The quantitative estimate of drug-likeness (QED) is 0.704. The number of rotatable bonds is 8. The molecule has 25 heavy (non-hydrogen) atoms. The smallest absolute Gasteiger partial charge is 0.408 e. The van der Waals surface area contributed by atoms with Crippen LogP contribution >= 0.6 is 0 Å². The largest absolute Gasteiger partial charge is 0.464 e. The Hall–Kier alpha value is -2.08. The first-order chi connectivity index (χ1) is 11.7. The molecule has 2 atom stereocenters. The van der Waals surface area contributed by atoms with E-state index in [1.54, 1.807) is 27.7 Å². The van der Waals surface area contributed by atoms with Crippen molar-refractivity contribution in [2.45, 2.75) is 64.7 Å². The number of esters is 1. The zero-order chi connectivity index (χ0) is 18.9. The predicted octanol–water partition coefficient (Wildman–Crippen LogP) is 2.83. The van der Waals surface area contributed by atoms with E-state index in [0.29, 0.717) is 12.8 Å². The van der Waals surface area contributed by atoms with Gasteiger partial charge in [-0.2, -0.15) is 0 Å². The fourth-order valence-corrected chi connectivity index (χ4v) is 2.27. The minimum atomic E-state index is -0.944. The monoisotopic (exact) mass is 351 g/mol. The minimum absolute atomic E-state index is 0.0743. The molecular formula is C19H29NO5. The van der Waals surface area contributed by atoms with Crippen molar-refractivity contribution >= 4 is 12.1 Å². The maximum atomic E-state index is 12.1. The molecule has 6 nitrogen and oxygen atoms in total. The lowest BCUT2D eigenvalue weighted by atomic mass is 10.0. The zero-order valence-electron chi connectivity index (χ0n) is 15.5. The van der Waals surface area contributed by atoms with E-state index in [2.05, 4.69) is 5.32 Å². The number of amides is 1. The molecular weight excluding hydrogens is 322 g/mol. The summed E-state index contributed by atoms with van der Waals surface area (Å²) < 4.78 is 10.1. The van der Waals surface area contributed by atoms with E-state index < -0.39 is 29.8 Å². The highest BCUT2D eigenvalue weighted by atomic mass is 16.6. The zero-order valence-corrected chi connectivity index (χ0v) is 15.5. The second kappa shape index (κ2) is 10.0. The van der Waals surface area contributed by atoms with E-state index in [1.807, 2.05) is 30.3 Å². The summed E-state index contributed by atoms with van der Waals surface area (Å²) in [5.41, 5.74) is 0.434. The van der Waals surface area contributed by atoms with Crippen molar-refractivity contribution in [2.75, 3.05) is 6.61 Å². The van der Waals surface area contributed by atoms with Crippen molar-refractivity contribution in [1.29, 1.82) is 0 Å². The molecule has 0 saturated carbocycles. The van der Waals surface area contributed by atoms with Crippen LogP contribution in [0.5, 0.6) is 0 Å². The molecule has 0 unspecified atom stereocenters. The topological polar surface area (TPSA) is 84.9 Å². The average Bonchev–Trinajstić information content (AvgIpc) is 2.51. The van der Waals surface area contributed by atoms with E-state index in [9.17, 15) is 14.7 Å². The third-order valence-corrected chi connectivity index (χ3v) is 3.38. The number of aliphatic hydroxyl groups excluding tert-OH is 1. The maximum Gasteiger partial charge on any atom is 0.408 e. The maximum absolute atomic E-state index is 12.1. The molecule has 0 spiro atoms. The molecule has 1 amide bonds. The number of benzene rings is 1. The number of carbonyl (C=O) groups is 2. The summed E-state index contributed by atoms with van der Waals surface area (Å²) >= 11 is 0. The van der Waals surface area contributed by atoms with Gasteiger partial charge in [-0.25, -0.2) is 9.59 Å². The van der Waals surface area contributed by atoms with Gasteiger partial charge in [-0.15, -0.1) is 0 Å². The van der Waals surface area contributed by atoms with Gasteiger partial charge in [-0.1, -0.05) is 30.3 Å². The second-order valence-electron chi connectivity index (χ2n) is 6.86. The SMILES string of the molecule is CCOC(=O)[C@H](C[C@@H](O)CCc1ccccc1)NC(=O)OC(C)(C)C. The van der Waals surface area contributed by atoms with Crippen molar-refractivity contribution in [3.8, 4) is 0 Å². The molecule has 1 aromatic carbocycles. The number of carbonyl (C=O) groups excluding carboxylic acids is 2. The molecule has 0 radical (unpaired) electrons. The van der Waals surface area contributed by atoms with Gasteiger partial charge < -0.3 is 19.9 Å². The molecule has 0 aliphatic rings. The summed E-state index contributed by atoms with van der Waals surface area (Å²) in [5, 5.41) is 12.7. The summed E-state index contributed by atoms with van der Waals surface area (Å²) in [6, 6.07) is 8.82. The van der Waals surface area contributed by atoms with Crippen LogP contribution in [0.25, 0.3) is 0 Å². The van der Waals surface area contributed by atoms with Gasteiger partial charge >= 0.3 is 12.1 Å². The van der Waals surface area contributed by atoms with Gasteiger partial charge in [0.25, 0.3) is 0 Å². The Morgan fingerprint density at radius 1 is 1.20 bits per heavy atom. The first-order valence-corrected chi connectivity index (χ1v) is 8.59. The number of nitrogens with one attached hydrogen (secondary N) is 1. The van der Waals surface area contributed by atoms with Gasteiger partial charge in [0.2, 0.25) is 0 Å².